The van der Waals surface area contributed by atoms with Gasteiger partial charge in [0.25, 0.3) is 0 Å². The number of carbonyl (C=O) groups is 2. The van der Waals surface area contributed by atoms with Gasteiger partial charge >= 0.3 is 6.09 Å². The summed E-state index contributed by atoms with van der Waals surface area (Å²) in [5, 5.41) is 11.7. The number of hydrogen-bond donors (Lipinski definition) is 2. The van der Waals surface area contributed by atoms with E-state index in [4.69, 9.17) is 16.7 Å². The molecule has 5 heteroatoms. The lowest BCUT2D eigenvalue weighted by Gasteiger charge is -2.18. The van der Waals surface area contributed by atoms with Gasteiger partial charge in [-0.3, -0.25) is 0 Å². The van der Waals surface area contributed by atoms with Crippen LogP contribution in [0.15, 0.2) is 24.3 Å². The summed E-state index contributed by atoms with van der Waals surface area (Å²) < 4.78 is 0. The molecule has 0 bridgehead atoms. The third-order valence-electron chi connectivity index (χ3n) is 3.86. The van der Waals surface area contributed by atoms with Gasteiger partial charge in [-0.15, -0.1) is 0 Å². The van der Waals surface area contributed by atoms with Crippen LogP contribution in [0.5, 0.6) is 0 Å². The van der Waals surface area contributed by atoms with Crippen LogP contribution in [0.4, 0.5) is 4.79 Å². The summed E-state index contributed by atoms with van der Waals surface area (Å²) in [4.78, 5) is 21.2. The van der Waals surface area contributed by atoms with Crippen LogP contribution in [0, 0.1) is 5.92 Å². The van der Waals surface area contributed by atoms with E-state index in [9.17, 15) is 9.59 Å². The molecule has 0 heterocycles. The lowest BCUT2D eigenvalue weighted by molar-refractivity contribution is -0.108. The second-order valence-corrected chi connectivity index (χ2v) is 5.39. The number of halogens is 1. The van der Waals surface area contributed by atoms with Crippen LogP contribution < -0.4 is 5.32 Å². The Hall–Kier alpha value is -1.55. The molecule has 0 radical (unpaired) electrons. The van der Waals surface area contributed by atoms with Crippen molar-refractivity contribution in [1.82, 2.24) is 5.32 Å². The Morgan fingerprint density at radius 3 is 3.00 bits per heavy atom. The molecule has 0 aromatic heterocycles. The first kappa shape index (κ1) is 13.9. The number of amides is 1. The van der Waals surface area contributed by atoms with E-state index < -0.39 is 6.09 Å². The molecule has 1 fully saturated rings. The lowest BCUT2D eigenvalue weighted by atomic mass is 9.89. The minimum Gasteiger partial charge on any atom is -0.465 e. The van der Waals surface area contributed by atoms with Crippen molar-refractivity contribution in [2.24, 2.45) is 5.92 Å². The molecule has 1 aliphatic carbocycles. The van der Waals surface area contributed by atoms with Crippen LogP contribution in [0.25, 0.3) is 0 Å². The molecule has 4 nitrogen and oxygen atoms in total. The molecule has 102 valence electrons. The number of nitrogens with one attached hydrogen (secondary N) is 1. The van der Waals surface area contributed by atoms with Gasteiger partial charge in [0.15, 0.2) is 0 Å². The van der Waals surface area contributed by atoms with Crippen molar-refractivity contribution in [3.05, 3.63) is 34.9 Å². The third-order valence-corrected chi connectivity index (χ3v) is 4.09. The minimum absolute atomic E-state index is 0.103. The molecule has 2 atom stereocenters. The van der Waals surface area contributed by atoms with Crippen molar-refractivity contribution < 1.29 is 14.7 Å². The number of carbonyl (C=O) groups excluding carboxylic acids is 1. The Labute approximate surface area is 116 Å². The van der Waals surface area contributed by atoms with Crippen LogP contribution in [0.1, 0.15) is 24.8 Å². The fourth-order valence-electron chi connectivity index (χ4n) is 2.80. The molecule has 0 unspecified atom stereocenters. The lowest BCUT2D eigenvalue weighted by Crippen LogP contribution is -2.26. The van der Waals surface area contributed by atoms with E-state index in [1.54, 1.807) is 0 Å². The van der Waals surface area contributed by atoms with Gasteiger partial charge in [0.2, 0.25) is 0 Å². The molecule has 1 aromatic rings. The van der Waals surface area contributed by atoms with Crippen molar-refractivity contribution in [1.29, 1.82) is 0 Å². The summed E-state index contributed by atoms with van der Waals surface area (Å²) in [5.74, 6) is 0.291. The van der Waals surface area contributed by atoms with E-state index in [1.807, 2.05) is 24.3 Å². The van der Waals surface area contributed by atoms with Crippen molar-refractivity contribution in [2.75, 3.05) is 6.54 Å². The number of benzene rings is 1. The zero-order chi connectivity index (χ0) is 13.9. The third kappa shape index (κ3) is 3.07. The molecular formula is C14H16ClNO3. The average Bonchev–Trinajstić information content (AvgIpc) is 3.04. The Kier molecular flexibility index (Phi) is 4.10. The average molecular weight is 282 g/mol. The number of hydrogen-bond acceptors (Lipinski definition) is 2. The summed E-state index contributed by atoms with van der Waals surface area (Å²) >= 11 is 6.01. The fraction of sp³-hybridized carbons (Fsp3) is 0.429. The maximum Gasteiger partial charge on any atom is 0.404 e. The molecule has 0 saturated heterocycles. The summed E-state index contributed by atoms with van der Waals surface area (Å²) in [7, 11) is 0. The summed E-state index contributed by atoms with van der Waals surface area (Å²) in [6.45, 7) is 0.386. The highest BCUT2D eigenvalue weighted by Gasteiger charge is 2.53. The smallest absolute Gasteiger partial charge is 0.404 e. The SMILES string of the molecule is O=CC[C@H]1C[C@]1(CCNC(=O)O)c1cccc(Cl)c1. The predicted octanol–water partition coefficient (Wildman–Crippen LogP) is 2.84. The van der Waals surface area contributed by atoms with Crippen LogP contribution in [0.3, 0.4) is 0 Å². The second kappa shape index (κ2) is 5.61. The standard InChI is InChI=1S/C14H16ClNO3/c15-12-3-1-2-10(8-12)14(5-6-16-13(18)19)9-11(14)4-7-17/h1-3,7-8,11,16H,4-6,9H2,(H,18,19)/t11-,14+/m0/s1. The van der Waals surface area contributed by atoms with Gasteiger partial charge in [-0.1, -0.05) is 23.7 Å². The minimum atomic E-state index is -1.02. The quantitative estimate of drug-likeness (QED) is 0.788. The largest absolute Gasteiger partial charge is 0.465 e. The molecule has 19 heavy (non-hydrogen) atoms. The van der Waals surface area contributed by atoms with E-state index in [2.05, 4.69) is 5.32 Å². The van der Waals surface area contributed by atoms with Crippen LogP contribution >= 0.6 is 11.6 Å². The van der Waals surface area contributed by atoms with E-state index in [0.717, 1.165) is 18.3 Å². The maximum absolute atomic E-state index is 10.7. The first-order valence-corrected chi connectivity index (χ1v) is 6.63. The molecule has 1 amide bonds. The van der Waals surface area contributed by atoms with Crippen molar-refractivity contribution in [3.8, 4) is 0 Å². The zero-order valence-electron chi connectivity index (χ0n) is 10.4. The summed E-state index contributed by atoms with van der Waals surface area (Å²) in [6.07, 6.45) is 2.03. The zero-order valence-corrected chi connectivity index (χ0v) is 11.2. The van der Waals surface area contributed by atoms with E-state index >= 15 is 0 Å². The normalized spacial score (nSPS) is 24.8. The molecule has 1 aromatic carbocycles. The highest BCUT2D eigenvalue weighted by Crippen LogP contribution is 2.58. The fourth-order valence-corrected chi connectivity index (χ4v) is 2.99. The van der Waals surface area contributed by atoms with Gasteiger partial charge in [0.05, 0.1) is 0 Å². The van der Waals surface area contributed by atoms with Crippen molar-refractivity contribution in [3.63, 3.8) is 0 Å². The predicted molar refractivity (Wildman–Crippen MR) is 72.6 cm³/mol. The van der Waals surface area contributed by atoms with Gasteiger partial charge < -0.3 is 15.2 Å². The van der Waals surface area contributed by atoms with Crippen molar-refractivity contribution in [2.45, 2.75) is 24.7 Å². The van der Waals surface area contributed by atoms with Gasteiger partial charge in [-0.2, -0.15) is 0 Å². The number of rotatable bonds is 6. The van der Waals surface area contributed by atoms with E-state index in [-0.39, 0.29) is 5.41 Å². The maximum atomic E-state index is 10.7. The van der Waals surface area contributed by atoms with Gasteiger partial charge in [0, 0.05) is 23.4 Å². The molecular weight excluding hydrogens is 266 g/mol. The molecule has 2 rings (SSSR count). The molecule has 0 aliphatic heterocycles. The second-order valence-electron chi connectivity index (χ2n) is 4.95. The molecule has 1 saturated carbocycles. The topological polar surface area (TPSA) is 66.4 Å². The molecule has 0 spiro atoms. The molecule has 1 aliphatic rings. The Bertz CT molecular complexity index is 491. The van der Waals surface area contributed by atoms with E-state index in [1.165, 1.54) is 0 Å². The monoisotopic (exact) mass is 281 g/mol. The van der Waals surface area contributed by atoms with E-state index in [0.29, 0.717) is 30.3 Å². The van der Waals surface area contributed by atoms with Crippen LogP contribution in [0.2, 0.25) is 5.02 Å². The Balaban J connectivity index is 2.12. The number of aldehydes is 1. The van der Waals surface area contributed by atoms with Crippen LogP contribution in [-0.2, 0) is 10.2 Å². The van der Waals surface area contributed by atoms with Gasteiger partial charge in [-0.25, -0.2) is 4.79 Å². The first-order valence-electron chi connectivity index (χ1n) is 6.25. The molecule has 2 N–H and O–H groups in total. The highest BCUT2D eigenvalue weighted by atomic mass is 35.5. The first-order chi connectivity index (χ1) is 9.08. The summed E-state index contributed by atoms with van der Waals surface area (Å²) in [6, 6.07) is 7.61. The highest BCUT2D eigenvalue weighted by molar-refractivity contribution is 6.30. The van der Waals surface area contributed by atoms with Crippen LogP contribution in [-0.4, -0.2) is 24.0 Å². The Morgan fingerprint density at radius 2 is 2.37 bits per heavy atom. The van der Waals surface area contributed by atoms with Gasteiger partial charge in [0.1, 0.15) is 6.29 Å². The summed E-state index contributed by atoms with van der Waals surface area (Å²) in [5.41, 5.74) is 0.993. The van der Waals surface area contributed by atoms with Gasteiger partial charge in [-0.05, 0) is 36.5 Å². The van der Waals surface area contributed by atoms with Crippen molar-refractivity contribution >= 4 is 24.0 Å². The Morgan fingerprint density at radius 1 is 1.58 bits per heavy atom. The number of carboxylic acid groups (broad SMARTS) is 1.